The van der Waals surface area contributed by atoms with Crippen LogP contribution in [0.3, 0.4) is 0 Å². The number of rotatable bonds is 2. The average molecular weight is 207 g/mol. The van der Waals surface area contributed by atoms with Gasteiger partial charge in [-0.25, -0.2) is 8.78 Å². The van der Waals surface area contributed by atoms with Gasteiger partial charge in [-0.3, -0.25) is 4.79 Å². The van der Waals surface area contributed by atoms with E-state index in [1.54, 1.807) is 0 Å². The van der Waals surface area contributed by atoms with Crippen molar-refractivity contribution in [3.8, 4) is 0 Å². The number of carbonyl (C=O) groups is 1. The van der Waals surface area contributed by atoms with E-state index in [9.17, 15) is 13.6 Å². The quantitative estimate of drug-likeness (QED) is 0.754. The first-order chi connectivity index (χ1) is 6.02. The smallest absolute Gasteiger partial charge is 0.307 e. The van der Waals surface area contributed by atoms with Gasteiger partial charge in [-0.05, 0) is 12.1 Å². The summed E-state index contributed by atoms with van der Waals surface area (Å²) in [4.78, 5) is 10.2. The maximum absolute atomic E-state index is 12.9. The Balaban J connectivity index is 3.17. The molecule has 0 atom stereocenters. The number of hydrogen-bond acceptors (Lipinski definition) is 1. The van der Waals surface area contributed by atoms with E-state index < -0.39 is 24.0 Å². The zero-order valence-corrected chi connectivity index (χ0v) is 7.11. The molecule has 0 aromatic heterocycles. The number of aliphatic carboxylic acids is 1. The summed E-state index contributed by atoms with van der Waals surface area (Å²) in [7, 11) is 0. The molecule has 0 spiro atoms. The summed E-state index contributed by atoms with van der Waals surface area (Å²) in [5.41, 5.74) is -0.325. The van der Waals surface area contributed by atoms with Crippen molar-refractivity contribution < 1.29 is 18.7 Å². The lowest BCUT2D eigenvalue weighted by molar-refractivity contribution is -0.136. The van der Waals surface area contributed by atoms with Crippen LogP contribution in [0.15, 0.2) is 12.1 Å². The highest BCUT2D eigenvalue weighted by molar-refractivity contribution is 6.31. The molecular weight excluding hydrogens is 202 g/mol. The van der Waals surface area contributed by atoms with Gasteiger partial charge >= 0.3 is 5.97 Å². The summed E-state index contributed by atoms with van der Waals surface area (Å²) in [5, 5.41) is 8.28. The lowest BCUT2D eigenvalue weighted by Gasteiger charge is -2.02. The van der Waals surface area contributed by atoms with Crippen LogP contribution in [0.1, 0.15) is 5.56 Å². The van der Waals surface area contributed by atoms with Gasteiger partial charge in [0.15, 0.2) is 11.6 Å². The van der Waals surface area contributed by atoms with Crippen LogP contribution in [0.5, 0.6) is 0 Å². The van der Waals surface area contributed by atoms with E-state index in [0.717, 1.165) is 12.1 Å². The van der Waals surface area contributed by atoms with Gasteiger partial charge in [0, 0.05) is 10.6 Å². The van der Waals surface area contributed by atoms with Crippen molar-refractivity contribution >= 4 is 17.6 Å². The van der Waals surface area contributed by atoms with Gasteiger partial charge < -0.3 is 5.11 Å². The standard InChI is InChI=1S/C8H5ClF2O2/c9-5-1-2-6(10)8(11)4(5)3-7(12)13/h1-2H,3H2,(H,12,13). The molecule has 0 aliphatic heterocycles. The van der Waals surface area contributed by atoms with Crippen LogP contribution in [0, 0.1) is 11.6 Å². The van der Waals surface area contributed by atoms with Crippen LogP contribution in [-0.2, 0) is 11.2 Å². The van der Waals surface area contributed by atoms with Crippen molar-refractivity contribution in [2.75, 3.05) is 0 Å². The van der Waals surface area contributed by atoms with Crippen LogP contribution >= 0.6 is 11.6 Å². The summed E-state index contributed by atoms with van der Waals surface area (Å²) in [6.07, 6.45) is -0.623. The van der Waals surface area contributed by atoms with Gasteiger partial charge in [0.2, 0.25) is 0 Å². The van der Waals surface area contributed by atoms with Crippen molar-refractivity contribution in [1.82, 2.24) is 0 Å². The normalized spacial score (nSPS) is 10.1. The molecule has 13 heavy (non-hydrogen) atoms. The van der Waals surface area contributed by atoms with Crippen molar-refractivity contribution in [2.45, 2.75) is 6.42 Å². The average Bonchev–Trinajstić information content (AvgIpc) is 2.05. The van der Waals surface area contributed by atoms with Gasteiger partial charge in [0.05, 0.1) is 6.42 Å². The molecule has 0 unspecified atom stereocenters. The first-order valence-electron chi connectivity index (χ1n) is 3.36. The SMILES string of the molecule is O=C(O)Cc1c(Cl)ccc(F)c1F. The second kappa shape index (κ2) is 3.70. The molecule has 1 N–H and O–H groups in total. The fourth-order valence-corrected chi connectivity index (χ4v) is 1.10. The Bertz CT molecular complexity index is 352. The Morgan fingerprint density at radius 3 is 2.62 bits per heavy atom. The minimum absolute atomic E-state index is 0.0821. The predicted molar refractivity (Wildman–Crippen MR) is 42.7 cm³/mol. The number of carboxylic acids is 1. The van der Waals surface area contributed by atoms with E-state index >= 15 is 0 Å². The lowest BCUT2D eigenvalue weighted by Crippen LogP contribution is -2.04. The minimum atomic E-state index is -1.26. The lowest BCUT2D eigenvalue weighted by atomic mass is 10.1. The van der Waals surface area contributed by atoms with E-state index in [4.69, 9.17) is 16.7 Å². The molecule has 0 bridgehead atoms. The van der Waals surface area contributed by atoms with Gasteiger partial charge in [0.25, 0.3) is 0 Å². The van der Waals surface area contributed by atoms with Crippen molar-refractivity contribution in [1.29, 1.82) is 0 Å². The molecule has 0 saturated carbocycles. The third-order valence-electron chi connectivity index (χ3n) is 1.47. The summed E-state index contributed by atoms with van der Waals surface area (Å²) >= 11 is 5.48. The predicted octanol–water partition coefficient (Wildman–Crippen LogP) is 2.25. The highest BCUT2D eigenvalue weighted by Crippen LogP contribution is 2.21. The first kappa shape index (κ1) is 9.92. The maximum Gasteiger partial charge on any atom is 0.307 e. The second-order valence-electron chi connectivity index (χ2n) is 2.39. The van der Waals surface area contributed by atoms with E-state index in [1.165, 1.54) is 0 Å². The largest absolute Gasteiger partial charge is 0.481 e. The molecule has 0 aliphatic carbocycles. The summed E-state index contributed by atoms with van der Waals surface area (Å²) in [6.45, 7) is 0. The summed E-state index contributed by atoms with van der Waals surface area (Å²) < 4.78 is 25.5. The number of carboxylic acid groups (broad SMARTS) is 1. The Labute approximate surface area is 77.8 Å². The number of benzene rings is 1. The Hall–Kier alpha value is -1.16. The topological polar surface area (TPSA) is 37.3 Å². The molecule has 2 nitrogen and oxygen atoms in total. The highest BCUT2D eigenvalue weighted by Gasteiger charge is 2.14. The molecule has 70 valence electrons. The molecule has 1 rings (SSSR count). The first-order valence-corrected chi connectivity index (χ1v) is 3.74. The van der Waals surface area contributed by atoms with Crippen LogP contribution in [-0.4, -0.2) is 11.1 Å². The molecule has 0 aliphatic rings. The molecule has 0 radical (unpaired) electrons. The number of hydrogen-bond donors (Lipinski definition) is 1. The van der Waals surface area contributed by atoms with Crippen LogP contribution in [0.4, 0.5) is 8.78 Å². The Kier molecular flexibility index (Phi) is 2.83. The molecule has 0 saturated heterocycles. The Morgan fingerprint density at radius 1 is 1.46 bits per heavy atom. The van der Waals surface area contributed by atoms with Crippen LogP contribution in [0.2, 0.25) is 5.02 Å². The van der Waals surface area contributed by atoms with Gasteiger partial charge in [-0.1, -0.05) is 11.6 Å². The monoisotopic (exact) mass is 206 g/mol. The van der Waals surface area contributed by atoms with E-state index in [-0.39, 0.29) is 10.6 Å². The van der Waals surface area contributed by atoms with E-state index in [1.807, 2.05) is 0 Å². The molecule has 5 heteroatoms. The third kappa shape index (κ3) is 2.15. The van der Waals surface area contributed by atoms with Crippen molar-refractivity contribution in [3.05, 3.63) is 34.4 Å². The van der Waals surface area contributed by atoms with E-state index in [2.05, 4.69) is 0 Å². The van der Waals surface area contributed by atoms with Gasteiger partial charge in [0.1, 0.15) is 0 Å². The Morgan fingerprint density at radius 2 is 2.08 bits per heavy atom. The van der Waals surface area contributed by atoms with Crippen LogP contribution in [0.25, 0.3) is 0 Å². The molecule has 1 aromatic rings. The zero-order chi connectivity index (χ0) is 10.0. The molecule has 0 heterocycles. The number of halogens is 3. The van der Waals surface area contributed by atoms with E-state index in [0.29, 0.717) is 0 Å². The zero-order valence-electron chi connectivity index (χ0n) is 6.35. The summed E-state index contributed by atoms with van der Waals surface area (Å²) in [6, 6.07) is 1.97. The van der Waals surface area contributed by atoms with Gasteiger partial charge in [-0.15, -0.1) is 0 Å². The molecule has 0 fully saturated rings. The summed E-state index contributed by atoms with van der Waals surface area (Å²) in [5.74, 6) is -3.55. The molecule has 0 amide bonds. The molecule has 1 aromatic carbocycles. The fraction of sp³-hybridized carbons (Fsp3) is 0.125. The maximum atomic E-state index is 12.9. The van der Waals surface area contributed by atoms with Crippen molar-refractivity contribution in [2.24, 2.45) is 0 Å². The highest BCUT2D eigenvalue weighted by atomic mass is 35.5. The fourth-order valence-electron chi connectivity index (χ4n) is 0.882. The second-order valence-corrected chi connectivity index (χ2v) is 2.80. The van der Waals surface area contributed by atoms with Crippen molar-refractivity contribution in [3.63, 3.8) is 0 Å². The van der Waals surface area contributed by atoms with Crippen LogP contribution < -0.4 is 0 Å². The van der Waals surface area contributed by atoms with Gasteiger partial charge in [-0.2, -0.15) is 0 Å². The third-order valence-corrected chi connectivity index (χ3v) is 1.82. The molecular formula is C8H5ClF2O2. The minimum Gasteiger partial charge on any atom is -0.481 e.